The van der Waals surface area contributed by atoms with E-state index < -0.39 is 0 Å². The SMILES string of the molecule is C1=NCCN1.C1CCCNCC1.C1CCNC1.C1CCNCC1.C1CCOC1.C1CNCCN1.C1COCCN1.C1CSCCN1.CC(C)C.CC(C)C.CC(C)C.CC(C)C.CC(C)C.CC(C)C.CC(C)C.CC(C)C. The van der Waals surface area contributed by atoms with Gasteiger partial charge in [0, 0.05) is 83.6 Å². The van der Waals surface area contributed by atoms with Crippen molar-refractivity contribution in [3.63, 3.8) is 0 Å². The summed E-state index contributed by atoms with van der Waals surface area (Å²) in [6.07, 6.45) is 16.9. The lowest BCUT2D eigenvalue weighted by Gasteiger charge is -2.11. The van der Waals surface area contributed by atoms with Crippen LogP contribution in [0.3, 0.4) is 0 Å². The van der Waals surface area contributed by atoms with Crippen molar-refractivity contribution in [1.82, 2.24) is 42.5 Å². The molecule has 0 saturated carbocycles. The van der Waals surface area contributed by atoms with Crippen LogP contribution < -0.4 is 42.5 Å². The van der Waals surface area contributed by atoms with Crippen molar-refractivity contribution in [2.75, 3.05) is 143 Å². The van der Waals surface area contributed by atoms with Crippen molar-refractivity contribution in [3.05, 3.63) is 0 Å². The second-order valence-corrected chi connectivity index (χ2v) is 27.0. The van der Waals surface area contributed by atoms with Gasteiger partial charge in [-0.2, -0.15) is 11.8 Å². The molecule has 0 aromatic carbocycles. The Morgan fingerprint density at radius 1 is 0.269 bits per heavy atom. The minimum Gasteiger partial charge on any atom is -0.381 e. The van der Waals surface area contributed by atoms with Crippen LogP contribution in [0.5, 0.6) is 0 Å². The second-order valence-electron chi connectivity index (χ2n) is 25.8. The summed E-state index contributed by atoms with van der Waals surface area (Å²) in [5.41, 5.74) is 0. The summed E-state index contributed by atoms with van der Waals surface area (Å²) in [4.78, 5) is 3.85. The van der Waals surface area contributed by atoms with Gasteiger partial charge in [0.1, 0.15) is 0 Å². The number of rotatable bonds is 0. The van der Waals surface area contributed by atoms with Gasteiger partial charge in [-0.1, -0.05) is 185 Å². The van der Waals surface area contributed by atoms with E-state index >= 15 is 0 Å². The van der Waals surface area contributed by atoms with E-state index in [1.165, 1.54) is 134 Å². The standard InChI is InChI=1S/C6H13N.C5H11N.C4H10N2.C4H9NO.C4H9NS.C4H9N.C4H8O.8C4H10.C3H6N2/c1-2-4-6-7-5-3-1;1-2-4-6-5-3-1;1-2-6-4-3-5-1;2*1-3-6-4-2-5-1;2*1-2-4-5-3-1;8*1-4(2)3;1-2-5-3-4-1/h7H,1-6H2;6H,1-5H2;5-6H,1-4H2;2*5H,1-4H2;5H,1-4H2;1-4H2;8*4H,1-3H3;3H,1-2H2,(H,4,5). The van der Waals surface area contributed by atoms with Crippen LogP contribution in [0.1, 0.15) is 237 Å². The van der Waals surface area contributed by atoms with Crippen molar-refractivity contribution in [3.8, 4) is 0 Å². The molecule has 0 aromatic heterocycles. The Bertz CT molecular complexity index is 682. The third-order valence-electron chi connectivity index (χ3n) is 7.67. The summed E-state index contributed by atoms with van der Waals surface area (Å²) in [5.74, 6) is 9.28. The maximum atomic E-state index is 5.01. The molecule has 0 bridgehead atoms. The van der Waals surface area contributed by atoms with E-state index in [9.17, 15) is 0 Å². The van der Waals surface area contributed by atoms with E-state index in [0.717, 1.165) is 126 Å². The van der Waals surface area contributed by atoms with Crippen molar-refractivity contribution < 1.29 is 9.47 Å². The van der Waals surface area contributed by atoms with Gasteiger partial charge in [-0.25, -0.2) is 0 Å². The average Bonchev–Trinajstić information content (AvgIpc) is 4.22. The van der Waals surface area contributed by atoms with Crippen LogP contribution in [0.25, 0.3) is 0 Å². The van der Waals surface area contributed by atoms with Gasteiger partial charge in [0.25, 0.3) is 0 Å². The predicted octanol–water partition coefficient (Wildman–Crippen LogP) is 15.1. The zero-order valence-electron chi connectivity index (χ0n) is 58.2. The number of aliphatic imine (C=N–C) groups is 1. The zero-order chi connectivity index (χ0) is 61.1. The van der Waals surface area contributed by atoms with Gasteiger partial charge in [-0.05, 0) is 138 Å². The van der Waals surface area contributed by atoms with Crippen LogP contribution >= 0.6 is 11.8 Å². The Balaban J connectivity index is -0.000000112. The monoisotopic (exact) mass is 1140 g/mol. The van der Waals surface area contributed by atoms with Gasteiger partial charge < -0.3 is 52.0 Å². The number of hydrogen-bond donors (Lipinski definition) is 8. The molecule has 11 nitrogen and oxygen atoms in total. The molecular weight excluding hydrogens is 983 g/mol. The minimum atomic E-state index is 0.833. The Morgan fingerprint density at radius 3 is 0.628 bits per heavy atom. The van der Waals surface area contributed by atoms with Gasteiger partial charge in [-0.3, -0.25) is 4.99 Å². The fourth-order valence-corrected chi connectivity index (χ4v) is 5.65. The molecule has 12 heteroatoms. The van der Waals surface area contributed by atoms with Crippen LogP contribution in [-0.4, -0.2) is 149 Å². The summed E-state index contributed by atoms with van der Waals surface area (Å²) in [7, 11) is 0. The Morgan fingerprint density at radius 2 is 0.500 bits per heavy atom. The van der Waals surface area contributed by atoms with Gasteiger partial charge in [0.05, 0.1) is 26.1 Å². The summed E-state index contributed by atoms with van der Waals surface area (Å²) >= 11 is 2.03. The van der Waals surface area contributed by atoms with Gasteiger partial charge >= 0.3 is 0 Å². The molecule has 0 amide bonds. The Hall–Kier alpha value is -0.540. The quantitative estimate of drug-likeness (QED) is 0.118. The molecule has 7 saturated heterocycles. The zero-order valence-corrected chi connectivity index (χ0v) is 59.0. The van der Waals surface area contributed by atoms with E-state index in [2.05, 4.69) is 214 Å². The number of piperidine rings is 1. The van der Waals surface area contributed by atoms with Crippen molar-refractivity contribution in [2.24, 2.45) is 52.3 Å². The van der Waals surface area contributed by atoms with Crippen LogP contribution in [0.15, 0.2) is 4.99 Å². The number of nitrogens with zero attached hydrogens (tertiary/aromatic N) is 1. The van der Waals surface area contributed by atoms with Crippen LogP contribution in [-0.2, 0) is 9.47 Å². The van der Waals surface area contributed by atoms with E-state index in [-0.39, 0.29) is 0 Å². The Labute approximate surface area is 499 Å². The lowest BCUT2D eigenvalue weighted by molar-refractivity contribution is 0.109. The number of nitrogens with one attached hydrogen (secondary N) is 8. The summed E-state index contributed by atoms with van der Waals surface area (Å²) < 4.78 is 9.95. The van der Waals surface area contributed by atoms with Crippen molar-refractivity contribution >= 4 is 18.1 Å². The van der Waals surface area contributed by atoms with Crippen LogP contribution in [0.4, 0.5) is 0 Å². The van der Waals surface area contributed by atoms with E-state index in [0.29, 0.717) is 0 Å². The average molecular weight is 1140 g/mol. The third-order valence-corrected chi connectivity index (χ3v) is 8.65. The molecule has 482 valence electrons. The first kappa shape index (κ1) is 93.9. The highest BCUT2D eigenvalue weighted by molar-refractivity contribution is 7.99. The van der Waals surface area contributed by atoms with Gasteiger partial charge in [0.2, 0.25) is 0 Å². The molecule has 0 spiro atoms. The van der Waals surface area contributed by atoms with Crippen LogP contribution in [0.2, 0.25) is 0 Å². The minimum absolute atomic E-state index is 0.833. The largest absolute Gasteiger partial charge is 0.381 e. The molecule has 8 rings (SSSR count). The lowest BCUT2D eigenvalue weighted by atomic mass is 10.2. The highest BCUT2D eigenvalue weighted by Crippen LogP contribution is 2.01. The van der Waals surface area contributed by atoms with Crippen LogP contribution in [0, 0.1) is 47.3 Å². The molecule has 8 aliphatic rings. The number of hydrogen-bond acceptors (Lipinski definition) is 12. The Kier molecular flexibility index (Phi) is 109. The van der Waals surface area contributed by atoms with Gasteiger partial charge in [-0.15, -0.1) is 0 Å². The molecule has 8 N–H and O–H groups in total. The van der Waals surface area contributed by atoms with E-state index in [1.54, 1.807) is 6.34 Å². The molecule has 0 atom stereocenters. The highest BCUT2D eigenvalue weighted by atomic mass is 32.2. The number of morpholine rings is 1. The summed E-state index contributed by atoms with van der Waals surface area (Å²) in [6, 6.07) is 0. The molecule has 0 radical (unpaired) electrons. The van der Waals surface area contributed by atoms with Crippen molar-refractivity contribution in [2.45, 2.75) is 237 Å². The second kappa shape index (κ2) is 90.2. The first-order valence-electron chi connectivity index (χ1n) is 32.8. The molecule has 8 aliphatic heterocycles. The first-order chi connectivity index (χ1) is 36.9. The number of ether oxygens (including phenoxy) is 2. The van der Waals surface area contributed by atoms with E-state index in [1.807, 2.05) is 11.8 Å². The predicted molar refractivity (Wildman–Crippen MR) is 365 cm³/mol. The molecule has 8 heterocycles. The molecule has 78 heavy (non-hydrogen) atoms. The molecule has 0 aliphatic carbocycles. The lowest BCUT2D eigenvalue weighted by Crippen LogP contribution is -2.39. The fraction of sp³-hybridized carbons (Fsp3) is 0.985. The van der Waals surface area contributed by atoms with Gasteiger partial charge in [0.15, 0.2) is 0 Å². The van der Waals surface area contributed by atoms with E-state index in [4.69, 9.17) is 9.47 Å². The molecule has 0 aromatic rings. The number of piperazine rings is 1. The number of thioether (sulfide) groups is 1. The fourth-order valence-electron chi connectivity index (χ4n) is 4.87. The smallest absolute Gasteiger partial charge is 0.0825 e. The summed E-state index contributed by atoms with van der Waals surface area (Å²) in [5, 5.41) is 25.7. The molecular formula is C66H155N9O2S. The topological polar surface area (TPSA) is 127 Å². The maximum Gasteiger partial charge on any atom is 0.0825 e. The van der Waals surface area contributed by atoms with Crippen molar-refractivity contribution in [1.29, 1.82) is 0 Å². The summed E-state index contributed by atoms with van der Waals surface area (Å²) in [6.45, 7) is 74.3. The normalized spacial score (nSPS) is 17.5. The third kappa shape index (κ3) is 202. The highest BCUT2D eigenvalue weighted by Gasteiger charge is 1.97. The first-order valence-corrected chi connectivity index (χ1v) is 33.9. The molecule has 7 fully saturated rings. The molecule has 0 unspecified atom stereocenters. The maximum absolute atomic E-state index is 5.01.